The van der Waals surface area contributed by atoms with Crippen molar-refractivity contribution in [3.63, 3.8) is 0 Å². The van der Waals surface area contributed by atoms with E-state index in [1.165, 1.54) is 0 Å². The van der Waals surface area contributed by atoms with Crippen LogP contribution in [0.4, 0.5) is 8.78 Å². The highest BCUT2D eigenvalue weighted by Gasteiger charge is 2.29. The van der Waals surface area contributed by atoms with Crippen molar-refractivity contribution >= 4 is 5.91 Å². The molecule has 0 atom stereocenters. The number of carbonyl (C=O) groups excluding carboxylic acids is 1. The topological polar surface area (TPSA) is 90.9 Å². The second-order valence-corrected chi connectivity index (χ2v) is 4.95. The normalized spacial score (nSPS) is 12.6. The first kappa shape index (κ1) is 14.5. The van der Waals surface area contributed by atoms with Crippen molar-refractivity contribution in [2.75, 3.05) is 13.2 Å². The fourth-order valence-corrected chi connectivity index (χ4v) is 1.04. The third-order valence-corrected chi connectivity index (χ3v) is 2.14. The van der Waals surface area contributed by atoms with E-state index in [1.54, 1.807) is 0 Å². The van der Waals surface area contributed by atoms with Crippen LogP contribution in [0.5, 0.6) is 0 Å². The Bertz CT molecular complexity index is 426. The summed E-state index contributed by atoms with van der Waals surface area (Å²) >= 11 is 0. The van der Waals surface area contributed by atoms with E-state index >= 15 is 0 Å². The largest absolute Gasteiger partial charge is 0.390 e. The van der Waals surface area contributed by atoms with Crippen molar-refractivity contribution in [2.45, 2.75) is 32.1 Å². The van der Waals surface area contributed by atoms with Gasteiger partial charge in [-0.05, 0) is 0 Å². The molecule has 0 saturated heterocycles. The second kappa shape index (κ2) is 4.97. The molecule has 6 nitrogen and oxygen atoms in total. The number of halogens is 2. The zero-order chi connectivity index (χ0) is 14.0. The first-order valence-electron chi connectivity index (χ1n) is 5.35. The second-order valence-electron chi connectivity index (χ2n) is 4.95. The van der Waals surface area contributed by atoms with Gasteiger partial charge in [-0.2, -0.15) is 0 Å². The molecular weight excluding hydrogens is 246 g/mol. The number of carbonyl (C=O) groups is 1. The van der Waals surface area contributed by atoms with E-state index in [2.05, 4.69) is 15.2 Å². The van der Waals surface area contributed by atoms with Gasteiger partial charge in [0.2, 0.25) is 5.82 Å². The van der Waals surface area contributed by atoms with Gasteiger partial charge < -0.3 is 10.4 Å². The van der Waals surface area contributed by atoms with Gasteiger partial charge in [0.15, 0.2) is 0 Å². The van der Waals surface area contributed by atoms with Crippen LogP contribution in [0.3, 0.4) is 0 Å². The van der Waals surface area contributed by atoms with Gasteiger partial charge in [0.25, 0.3) is 11.8 Å². The van der Waals surface area contributed by atoms with Gasteiger partial charge in [-0.1, -0.05) is 20.8 Å². The van der Waals surface area contributed by atoms with E-state index in [1.807, 2.05) is 26.1 Å². The molecule has 3 N–H and O–H groups in total. The van der Waals surface area contributed by atoms with Crippen LogP contribution in [-0.4, -0.2) is 45.3 Å². The number of rotatable bonds is 4. The van der Waals surface area contributed by atoms with Gasteiger partial charge in [0, 0.05) is 5.41 Å². The van der Waals surface area contributed by atoms with Gasteiger partial charge in [0.1, 0.15) is 12.4 Å². The molecule has 0 saturated carbocycles. The van der Waals surface area contributed by atoms with Crippen molar-refractivity contribution in [3.05, 3.63) is 11.6 Å². The van der Waals surface area contributed by atoms with Gasteiger partial charge in [0.05, 0.1) is 6.54 Å². The van der Waals surface area contributed by atoms with Crippen LogP contribution in [0.25, 0.3) is 0 Å². The molecule has 1 rings (SSSR count). The van der Waals surface area contributed by atoms with Crippen molar-refractivity contribution in [2.24, 2.45) is 0 Å². The molecule has 102 valence electrons. The maximum Gasteiger partial charge on any atom is 0.291 e. The van der Waals surface area contributed by atoms with E-state index in [0.29, 0.717) is 5.82 Å². The number of alkyl halides is 2. The molecule has 0 spiro atoms. The minimum Gasteiger partial charge on any atom is -0.390 e. The molecule has 0 aliphatic carbocycles. The lowest BCUT2D eigenvalue weighted by atomic mass is 9.96. The predicted octanol–water partition coefficient (Wildman–Crippen LogP) is 0.460. The monoisotopic (exact) mass is 262 g/mol. The highest BCUT2D eigenvalue weighted by Crippen LogP contribution is 2.17. The van der Waals surface area contributed by atoms with E-state index in [4.69, 9.17) is 5.11 Å². The molecule has 0 aliphatic rings. The Kier molecular flexibility index (Phi) is 4.00. The van der Waals surface area contributed by atoms with Gasteiger partial charge in [-0.15, -0.1) is 5.10 Å². The number of nitrogens with one attached hydrogen (secondary N) is 2. The Morgan fingerprint density at radius 1 is 1.44 bits per heavy atom. The zero-order valence-electron chi connectivity index (χ0n) is 10.4. The lowest BCUT2D eigenvalue weighted by Crippen LogP contribution is -2.39. The maximum atomic E-state index is 12.7. The number of aromatic nitrogens is 3. The molecule has 18 heavy (non-hydrogen) atoms. The molecule has 0 bridgehead atoms. The van der Waals surface area contributed by atoms with Gasteiger partial charge in [-0.25, -0.2) is 13.8 Å². The molecule has 1 aromatic rings. The average Bonchev–Trinajstić information content (AvgIpc) is 2.75. The van der Waals surface area contributed by atoms with Crippen molar-refractivity contribution < 1.29 is 18.7 Å². The Morgan fingerprint density at radius 3 is 2.50 bits per heavy atom. The van der Waals surface area contributed by atoms with Gasteiger partial charge in [-0.3, -0.25) is 9.89 Å². The quantitative estimate of drug-likeness (QED) is 0.735. The van der Waals surface area contributed by atoms with Crippen LogP contribution in [0, 0.1) is 0 Å². The SMILES string of the molecule is CC(C)(C)c1nc(C(=O)NCC(F)(F)CO)n[nH]1. The summed E-state index contributed by atoms with van der Waals surface area (Å²) in [6.45, 7) is 3.33. The number of nitrogens with zero attached hydrogens (tertiary/aromatic N) is 2. The average molecular weight is 262 g/mol. The number of H-pyrrole nitrogens is 1. The maximum absolute atomic E-state index is 12.7. The summed E-state index contributed by atoms with van der Waals surface area (Å²) in [7, 11) is 0. The van der Waals surface area contributed by atoms with Crippen molar-refractivity contribution in [1.82, 2.24) is 20.5 Å². The summed E-state index contributed by atoms with van der Waals surface area (Å²) in [5, 5.41) is 16.5. The molecule has 1 heterocycles. The van der Waals surface area contributed by atoms with E-state index in [-0.39, 0.29) is 11.2 Å². The summed E-state index contributed by atoms with van der Waals surface area (Å²) < 4.78 is 25.4. The van der Waals surface area contributed by atoms with Crippen LogP contribution in [0.2, 0.25) is 0 Å². The number of hydrogen-bond donors (Lipinski definition) is 3. The third-order valence-electron chi connectivity index (χ3n) is 2.14. The Hall–Kier alpha value is -1.57. The van der Waals surface area contributed by atoms with Crippen LogP contribution >= 0.6 is 0 Å². The number of aromatic amines is 1. The van der Waals surface area contributed by atoms with Crippen LogP contribution in [0.15, 0.2) is 0 Å². The number of aliphatic hydroxyl groups is 1. The highest BCUT2D eigenvalue weighted by molar-refractivity contribution is 5.90. The predicted molar refractivity (Wildman–Crippen MR) is 59.4 cm³/mol. The first-order valence-corrected chi connectivity index (χ1v) is 5.35. The summed E-state index contributed by atoms with van der Waals surface area (Å²) in [6, 6.07) is 0. The summed E-state index contributed by atoms with van der Waals surface area (Å²) in [5.74, 6) is -3.87. The van der Waals surface area contributed by atoms with Crippen molar-refractivity contribution in [1.29, 1.82) is 0 Å². The highest BCUT2D eigenvalue weighted by atomic mass is 19.3. The lowest BCUT2D eigenvalue weighted by Gasteiger charge is -2.13. The van der Waals surface area contributed by atoms with E-state index in [9.17, 15) is 13.6 Å². The minimum absolute atomic E-state index is 0.200. The number of aliphatic hydroxyl groups excluding tert-OH is 1. The number of amides is 1. The van der Waals surface area contributed by atoms with Crippen molar-refractivity contribution in [3.8, 4) is 0 Å². The Labute approximate surface area is 103 Å². The summed E-state index contributed by atoms with van der Waals surface area (Å²) in [6.07, 6.45) is 0. The molecular formula is C10H16F2N4O2. The van der Waals surface area contributed by atoms with E-state index < -0.39 is 25.0 Å². The molecule has 8 heteroatoms. The molecule has 1 amide bonds. The lowest BCUT2D eigenvalue weighted by molar-refractivity contribution is -0.0462. The minimum atomic E-state index is -3.35. The van der Waals surface area contributed by atoms with E-state index in [0.717, 1.165) is 0 Å². The summed E-state index contributed by atoms with van der Waals surface area (Å²) in [5.41, 5.74) is -0.319. The molecule has 0 fully saturated rings. The molecule has 0 radical (unpaired) electrons. The molecule has 0 aliphatic heterocycles. The van der Waals surface area contributed by atoms with Crippen LogP contribution in [0.1, 0.15) is 37.2 Å². The zero-order valence-corrected chi connectivity index (χ0v) is 10.4. The third kappa shape index (κ3) is 3.73. The fourth-order valence-electron chi connectivity index (χ4n) is 1.04. The smallest absolute Gasteiger partial charge is 0.291 e. The van der Waals surface area contributed by atoms with Crippen LogP contribution < -0.4 is 5.32 Å². The molecule has 1 aromatic heterocycles. The van der Waals surface area contributed by atoms with Crippen LogP contribution in [-0.2, 0) is 5.41 Å². The number of hydrogen-bond acceptors (Lipinski definition) is 4. The first-order chi connectivity index (χ1) is 8.15. The molecule has 0 aromatic carbocycles. The summed E-state index contributed by atoms with van der Waals surface area (Å²) in [4.78, 5) is 15.4. The molecule has 0 unspecified atom stereocenters. The fraction of sp³-hybridized carbons (Fsp3) is 0.700. The van der Waals surface area contributed by atoms with Gasteiger partial charge >= 0.3 is 0 Å². The standard InChI is InChI=1S/C10H16F2N4O2/c1-9(2,3)8-14-6(15-16-8)7(18)13-4-10(11,12)5-17/h17H,4-5H2,1-3H3,(H,13,18)(H,14,15,16). The Balaban J connectivity index is 2.66. The Morgan fingerprint density at radius 2 is 2.06 bits per heavy atom.